The van der Waals surface area contributed by atoms with Gasteiger partial charge in [-0.05, 0) is 37.8 Å². The number of rotatable bonds is 5. The van der Waals surface area contributed by atoms with Gasteiger partial charge in [-0.15, -0.1) is 0 Å². The van der Waals surface area contributed by atoms with E-state index >= 15 is 0 Å². The maximum Gasteiger partial charge on any atom is 0.306 e. The van der Waals surface area contributed by atoms with Crippen molar-refractivity contribution in [1.29, 1.82) is 0 Å². The molecule has 0 aliphatic heterocycles. The second-order valence-corrected chi connectivity index (χ2v) is 4.97. The third-order valence-electron chi connectivity index (χ3n) is 3.49. The second-order valence-electron chi connectivity index (χ2n) is 4.97. The van der Waals surface area contributed by atoms with Crippen molar-refractivity contribution < 1.29 is 19.7 Å². The molecule has 4 heteroatoms. The molecule has 1 aliphatic rings. The molecule has 0 bridgehead atoms. The van der Waals surface area contributed by atoms with Crippen LogP contribution in [0.25, 0.3) is 0 Å². The summed E-state index contributed by atoms with van der Waals surface area (Å²) < 4.78 is 5.25. The highest BCUT2D eigenvalue weighted by molar-refractivity contribution is 5.69. The van der Waals surface area contributed by atoms with E-state index in [1.54, 1.807) is 6.07 Å². The van der Waals surface area contributed by atoms with Crippen LogP contribution in [0, 0.1) is 12.8 Å². The van der Waals surface area contributed by atoms with Gasteiger partial charge in [-0.2, -0.15) is 0 Å². The van der Waals surface area contributed by atoms with Crippen LogP contribution in [0.2, 0.25) is 0 Å². The van der Waals surface area contributed by atoms with E-state index in [2.05, 4.69) is 0 Å². The van der Waals surface area contributed by atoms with E-state index in [0.29, 0.717) is 11.3 Å². The predicted octanol–water partition coefficient (Wildman–Crippen LogP) is 2.08. The molecule has 1 atom stereocenters. The Morgan fingerprint density at radius 2 is 2.17 bits per heavy atom. The maximum atomic E-state index is 11.0. The van der Waals surface area contributed by atoms with Crippen molar-refractivity contribution in [2.24, 2.45) is 5.92 Å². The van der Waals surface area contributed by atoms with E-state index in [4.69, 9.17) is 9.84 Å². The number of carboxylic acid groups (broad SMARTS) is 1. The predicted molar refractivity (Wildman–Crippen MR) is 66.6 cm³/mol. The molecule has 1 aliphatic carbocycles. The molecule has 0 radical (unpaired) electrons. The summed E-state index contributed by atoms with van der Waals surface area (Å²) >= 11 is 0. The molecule has 98 valence electrons. The smallest absolute Gasteiger partial charge is 0.306 e. The average molecular weight is 250 g/mol. The fraction of sp³-hybridized carbons (Fsp3) is 0.500. The number of aliphatic carboxylic acids is 1. The maximum absolute atomic E-state index is 11.0. The van der Waals surface area contributed by atoms with Gasteiger partial charge in [0.15, 0.2) is 0 Å². The first kappa shape index (κ1) is 12.9. The summed E-state index contributed by atoms with van der Waals surface area (Å²) in [6, 6.07) is 5.48. The number of carbonyl (C=O) groups is 1. The largest absolute Gasteiger partial charge is 0.496 e. The molecule has 0 amide bonds. The fourth-order valence-electron chi connectivity index (χ4n) is 2.41. The van der Waals surface area contributed by atoms with Crippen LogP contribution in [-0.2, 0) is 10.4 Å². The number of carboxylic acids is 1. The van der Waals surface area contributed by atoms with Gasteiger partial charge in [-0.25, -0.2) is 0 Å². The summed E-state index contributed by atoms with van der Waals surface area (Å²) in [6.45, 7) is 1.91. The van der Waals surface area contributed by atoms with Gasteiger partial charge in [0, 0.05) is 5.56 Å². The summed E-state index contributed by atoms with van der Waals surface area (Å²) in [4.78, 5) is 11.0. The van der Waals surface area contributed by atoms with E-state index in [-0.39, 0.29) is 12.3 Å². The number of hydrogen-bond acceptors (Lipinski definition) is 3. The first-order valence-corrected chi connectivity index (χ1v) is 6.06. The summed E-state index contributed by atoms with van der Waals surface area (Å²) in [5.41, 5.74) is 0.258. The molecular formula is C14H18O4. The van der Waals surface area contributed by atoms with Gasteiger partial charge in [-0.1, -0.05) is 11.6 Å². The van der Waals surface area contributed by atoms with Crippen molar-refractivity contribution in [3.05, 3.63) is 29.3 Å². The number of methoxy groups -OCH3 is 1. The highest BCUT2D eigenvalue weighted by atomic mass is 16.5. The number of aryl methyl sites for hydroxylation is 1. The van der Waals surface area contributed by atoms with Crippen LogP contribution in [0.1, 0.15) is 30.4 Å². The van der Waals surface area contributed by atoms with Crippen LogP contribution in [-0.4, -0.2) is 23.3 Å². The molecule has 1 unspecified atom stereocenters. The second kappa shape index (κ2) is 4.61. The van der Waals surface area contributed by atoms with Gasteiger partial charge >= 0.3 is 5.97 Å². The Labute approximate surface area is 106 Å². The Morgan fingerprint density at radius 1 is 1.50 bits per heavy atom. The van der Waals surface area contributed by atoms with Crippen LogP contribution in [0.15, 0.2) is 18.2 Å². The molecule has 0 aromatic heterocycles. The zero-order chi connectivity index (χ0) is 13.3. The molecular weight excluding hydrogens is 232 g/mol. The van der Waals surface area contributed by atoms with Crippen molar-refractivity contribution in [1.82, 2.24) is 0 Å². The zero-order valence-corrected chi connectivity index (χ0v) is 10.6. The third-order valence-corrected chi connectivity index (χ3v) is 3.49. The Bertz CT molecular complexity index is 465. The molecule has 0 saturated heterocycles. The molecule has 2 N–H and O–H groups in total. The van der Waals surface area contributed by atoms with Crippen molar-refractivity contribution in [2.75, 3.05) is 7.11 Å². The van der Waals surface area contributed by atoms with E-state index < -0.39 is 11.6 Å². The molecule has 0 spiro atoms. The van der Waals surface area contributed by atoms with Crippen LogP contribution < -0.4 is 4.74 Å². The van der Waals surface area contributed by atoms with E-state index in [0.717, 1.165) is 18.4 Å². The molecule has 0 heterocycles. The molecule has 1 aromatic carbocycles. The van der Waals surface area contributed by atoms with Gasteiger partial charge < -0.3 is 14.9 Å². The number of ether oxygens (including phenoxy) is 1. The lowest BCUT2D eigenvalue weighted by molar-refractivity contribution is -0.144. The van der Waals surface area contributed by atoms with Crippen LogP contribution in [0.3, 0.4) is 0 Å². The number of benzene rings is 1. The fourth-order valence-corrected chi connectivity index (χ4v) is 2.41. The molecule has 1 saturated carbocycles. The van der Waals surface area contributed by atoms with Crippen LogP contribution in [0.5, 0.6) is 5.75 Å². The van der Waals surface area contributed by atoms with Crippen molar-refractivity contribution >= 4 is 5.97 Å². The van der Waals surface area contributed by atoms with Crippen LogP contribution >= 0.6 is 0 Å². The summed E-state index contributed by atoms with van der Waals surface area (Å²) in [5.74, 6) is -0.423. The summed E-state index contributed by atoms with van der Waals surface area (Å²) in [6.07, 6.45) is 1.44. The van der Waals surface area contributed by atoms with E-state index in [9.17, 15) is 9.90 Å². The van der Waals surface area contributed by atoms with E-state index in [1.807, 2.05) is 19.1 Å². The Hall–Kier alpha value is -1.55. The first-order valence-electron chi connectivity index (χ1n) is 6.06. The Kier molecular flexibility index (Phi) is 3.30. The normalized spacial score (nSPS) is 18.2. The van der Waals surface area contributed by atoms with Gasteiger partial charge in [0.1, 0.15) is 11.4 Å². The molecule has 2 rings (SSSR count). The Balaban J connectivity index is 2.47. The van der Waals surface area contributed by atoms with Crippen molar-refractivity contribution in [3.63, 3.8) is 0 Å². The van der Waals surface area contributed by atoms with Gasteiger partial charge in [0.25, 0.3) is 0 Å². The highest BCUT2D eigenvalue weighted by Crippen LogP contribution is 2.50. The monoisotopic (exact) mass is 250 g/mol. The minimum absolute atomic E-state index is 0.0179. The third kappa shape index (κ3) is 2.34. The lowest BCUT2D eigenvalue weighted by atomic mass is 9.84. The SMILES string of the molecule is COc1ccc(C)cc1C(O)(CC(=O)O)C1CC1. The van der Waals surface area contributed by atoms with Crippen molar-refractivity contribution in [3.8, 4) is 5.75 Å². The minimum Gasteiger partial charge on any atom is -0.496 e. The summed E-state index contributed by atoms with van der Waals surface area (Å²) in [7, 11) is 1.53. The highest BCUT2D eigenvalue weighted by Gasteiger charge is 2.48. The average Bonchev–Trinajstić information content (AvgIpc) is 3.12. The van der Waals surface area contributed by atoms with Gasteiger partial charge in [-0.3, -0.25) is 4.79 Å². The zero-order valence-electron chi connectivity index (χ0n) is 10.6. The van der Waals surface area contributed by atoms with Crippen LogP contribution in [0.4, 0.5) is 0 Å². The first-order chi connectivity index (χ1) is 8.47. The molecule has 1 fully saturated rings. The van der Waals surface area contributed by atoms with Crippen molar-refractivity contribution in [2.45, 2.75) is 31.8 Å². The Morgan fingerprint density at radius 3 is 2.67 bits per heavy atom. The number of hydrogen-bond donors (Lipinski definition) is 2. The lowest BCUT2D eigenvalue weighted by Gasteiger charge is -2.29. The van der Waals surface area contributed by atoms with Gasteiger partial charge in [0.05, 0.1) is 13.5 Å². The topological polar surface area (TPSA) is 66.8 Å². The molecule has 4 nitrogen and oxygen atoms in total. The quantitative estimate of drug-likeness (QED) is 0.839. The standard InChI is InChI=1S/C14H18O4/c1-9-3-6-12(18-2)11(7-9)14(17,8-13(15)16)10-4-5-10/h3,6-7,10,17H,4-5,8H2,1-2H3,(H,15,16). The molecule has 18 heavy (non-hydrogen) atoms. The number of aliphatic hydroxyl groups is 1. The minimum atomic E-state index is -1.32. The summed E-state index contributed by atoms with van der Waals surface area (Å²) in [5, 5.41) is 19.8. The molecule has 1 aromatic rings. The lowest BCUT2D eigenvalue weighted by Crippen LogP contribution is -2.32. The van der Waals surface area contributed by atoms with E-state index in [1.165, 1.54) is 7.11 Å². The van der Waals surface area contributed by atoms with Gasteiger partial charge in [0.2, 0.25) is 0 Å².